The van der Waals surface area contributed by atoms with Crippen molar-refractivity contribution < 1.29 is 0 Å². The van der Waals surface area contributed by atoms with E-state index in [1.165, 1.54) is 30.4 Å². The molecule has 0 amide bonds. The summed E-state index contributed by atoms with van der Waals surface area (Å²) >= 11 is 0. The summed E-state index contributed by atoms with van der Waals surface area (Å²) in [7, 11) is 0. The highest BCUT2D eigenvalue weighted by Crippen LogP contribution is 2.30. The maximum atomic E-state index is 5.90. The Kier molecular flexibility index (Phi) is 4.40. The molecule has 2 rings (SSSR count). The molecule has 1 nitrogen and oxygen atoms in total. The van der Waals surface area contributed by atoms with Gasteiger partial charge in [0.05, 0.1) is 0 Å². The first-order valence-corrected chi connectivity index (χ1v) is 6.71. The van der Waals surface area contributed by atoms with Crippen molar-refractivity contribution in [3.05, 3.63) is 65.7 Å². The lowest BCUT2D eigenvalue weighted by Crippen LogP contribution is -2.02. The Balaban J connectivity index is 2.31. The van der Waals surface area contributed by atoms with Gasteiger partial charge in [0.25, 0.3) is 0 Å². The predicted octanol–water partition coefficient (Wildman–Crippen LogP) is 4.59. The van der Waals surface area contributed by atoms with E-state index in [1.807, 2.05) is 12.1 Å². The number of anilines is 1. The summed E-state index contributed by atoms with van der Waals surface area (Å²) in [6.07, 6.45) is 3.66. The van der Waals surface area contributed by atoms with E-state index < -0.39 is 0 Å². The molecule has 0 aliphatic rings. The molecule has 0 saturated carbocycles. The molecule has 0 aliphatic heterocycles. The first-order chi connectivity index (χ1) is 8.81. The standard InChI is InChI=1S/C17H21N/c1-2-3-12-17(14-8-5-4-6-9-14)15-10-7-11-16(18)13-15/h4-11,13,17H,2-3,12,18H2,1H3. The van der Waals surface area contributed by atoms with Crippen molar-refractivity contribution in [1.82, 2.24) is 0 Å². The second kappa shape index (κ2) is 6.25. The average molecular weight is 239 g/mol. The summed E-state index contributed by atoms with van der Waals surface area (Å²) in [5.74, 6) is 0.467. The van der Waals surface area contributed by atoms with Crippen molar-refractivity contribution in [1.29, 1.82) is 0 Å². The molecule has 0 saturated heterocycles. The van der Waals surface area contributed by atoms with E-state index in [2.05, 4.69) is 49.4 Å². The average Bonchev–Trinajstić information content (AvgIpc) is 2.40. The van der Waals surface area contributed by atoms with Gasteiger partial charge in [-0.3, -0.25) is 0 Å². The van der Waals surface area contributed by atoms with Crippen LogP contribution in [0.5, 0.6) is 0 Å². The lowest BCUT2D eigenvalue weighted by molar-refractivity contribution is 0.650. The molecule has 1 unspecified atom stereocenters. The van der Waals surface area contributed by atoms with Gasteiger partial charge >= 0.3 is 0 Å². The predicted molar refractivity (Wildman–Crippen MR) is 78.7 cm³/mol. The minimum atomic E-state index is 0.467. The smallest absolute Gasteiger partial charge is 0.0316 e. The van der Waals surface area contributed by atoms with E-state index >= 15 is 0 Å². The number of nitrogen functional groups attached to an aromatic ring is 1. The maximum Gasteiger partial charge on any atom is 0.0316 e. The molecule has 0 bridgehead atoms. The number of hydrogen-bond donors (Lipinski definition) is 1. The third-order valence-corrected chi connectivity index (χ3v) is 3.36. The van der Waals surface area contributed by atoms with Crippen molar-refractivity contribution >= 4 is 5.69 Å². The van der Waals surface area contributed by atoms with Gasteiger partial charge in [-0.2, -0.15) is 0 Å². The molecule has 0 heterocycles. The van der Waals surface area contributed by atoms with Gasteiger partial charge in [-0.25, -0.2) is 0 Å². The van der Waals surface area contributed by atoms with Crippen LogP contribution in [-0.2, 0) is 0 Å². The zero-order valence-corrected chi connectivity index (χ0v) is 11.0. The first kappa shape index (κ1) is 12.7. The fourth-order valence-electron chi connectivity index (χ4n) is 2.40. The lowest BCUT2D eigenvalue weighted by Gasteiger charge is -2.18. The van der Waals surface area contributed by atoms with Gasteiger partial charge in [0, 0.05) is 11.6 Å². The van der Waals surface area contributed by atoms with E-state index in [9.17, 15) is 0 Å². The summed E-state index contributed by atoms with van der Waals surface area (Å²) in [6, 6.07) is 19.0. The zero-order valence-electron chi connectivity index (χ0n) is 11.0. The van der Waals surface area contributed by atoms with Crippen LogP contribution in [0, 0.1) is 0 Å². The summed E-state index contributed by atoms with van der Waals surface area (Å²) in [5, 5.41) is 0. The molecule has 0 fully saturated rings. The quantitative estimate of drug-likeness (QED) is 0.759. The molecular weight excluding hydrogens is 218 g/mol. The third-order valence-electron chi connectivity index (χ3n) is 3.36. The number of nitrogens with two attached hydrogens (primary N) is 1. The van der Waals surface area contributed by atoms with Crippen LogP contribution in [0.2, 0.25) is 0 Å². The Morgan fingerprint density at radius 1 is 0.944 bits per heavy atom. The molecule has 2 aromatic carbocycles. The number of benzene rings is 2. The first-order valence-electron chi connectivity index (χ1n) is 6.71. The van der Waals surface area contributed by atoms with Gasteiger partial charge in [-0.15, -0.1) is 0 Å². The normalized spacial score (nSPS) is 12.3. The molecule has 1 heteroatoms. The van der Waals surface area contributed by atoms with Crippen LogP contribution in [0.1, 0.15) is 43.2 Å². The number of unbranched alkanes of at least 4 members (excludes halogenated alkanes) is 1. The maximum absolute atomic E-state index is 5.90. The van der Waals surface area contributed by atoms with Gasteiger partial charge in [0.15, 0.2) is 0 Å². The second-order valence-corrected chi connectivity index (χ2v) is 4.78. The summed E-state index contributed by atoms with van der Waals surface area (Å²) < 4.78 is 0. The molecule has 2 aromatic rings. The van der Waals surface area contributed by atoms with Crippen molar-refractivity contribution in [3.63, 3.8) is 0 Å². The van der Waals surface area contributed by atoms with Crippen molar-refractivity contribution in [3.8, 4) is 0 Å². The van der Waals surface area contributed by atoms with Gasteiger partial charge in [0.1, 0.15) is 0 Å². The van der Waals surface area contributed by atoms with E-state index in [-0.39, 0.29) is 0 Å². The minimum absolute atomic E-state index is 0.467. The highest BCUT2D eigenvalue weighted by Gasteiger charge is 2.13. The Morgan fingerprint density at radius 3 is 2.33 bits per heavy atom. The molecular formula is C17H21N. The van der Waals surface area contributed by atoms with Gasteiger partial charge in [0.2, 0.25) is 0 Å². The van der Waals surface area contributed by atoms with Gasteiger partial charge < -0.3 is 5.73 Å². The molecule has 0 radical (unpaired) electrons. The molecule has 0 aliphatic carbocycles. The zero-order chi connectivity index (χ0) is 12.8. The van der Waals surface area contributed by atoms with Crippen molar-refractivity contribution in [2.75, 3.05) is 5.73 Å². The van der Waals surface area contributed by atoms with Crippen LogP contribution in [0.4, 0.5) is 5.69 Å². The van der Waals surface area contributed by atoms with E-state index in [4.69, 9.17) is 5.73 Å². The van der Waals surface area contributed by atoms with Gasteiger partial charge in [-0.1, -0.05) is 62.2 Å². The summed E-state index contributed by atoms with van der Waals surface area (Å²) in [6.45, 7) is 2.24. The molecule has 0 spiro atoms. The van der Waals surface area contributed by atoms with Crippen LogP contribution < -0.4 is 5.73 Å². The van der Waals surface area contributed by atoms with Crippen LogP contribution in [-0.4, -0.2) is 0 Å². The van der Waals surface area contributed by atoms with Gasteiger partial charge in [-0.05, 0) is 29.7 Å². The largest absolute Gasteiger partial charge is 0.399 e. The Bertz CT molecular complexity index is 476. The molecule has 18 heavy (non-hydrogen) atoms. The summed E-state index contributed by atoms with van der Waals surface area (Å²) in [5.41, 5.74) is 9.47. The molecule has 1 atom stereocenters. The molecule has 2 N–H and O–H groups in total. The number of hydrogen-bond acceptors (Lipinski definition) is 1. The molecule has 0 aromatic heterocycles. The monoisotopic (exact) mass is 239 g/mol. The summed E-state index contributed by atoms with van der Waals surface area (Å²) in [4.78, 5) is 0. The SMILES string of the molecule is CCCCC(c1ccccc1)c1cccc(N)c1. The van der Waals surface area contributed by atoms with E-state index in [1.54, 1.807) is 0 Å². The fourth-order valence-corrected chi connectivity index (χ4v) is 2.40. The Hall–Kier alpha value is -1.76. The fraction of sp³-hybridized carbons (Fsp3) is 0.294. The third kappa shape index (κ3) is 3.13. The number of rotatable bonds is 5. The Morgan fingerprint density at radius 2 is 1.67 bits per heavy atom. The highest BCUT2D eigenvalue weighted by molar-refractivity contribution is 5.44. The van der Waals surface area contributed by atoms with Crippen LogP contribution in [0.3, 0.4) is 0 Å². The van der Waals surface area contributed by atoms with Crippen LogP contribution >= 0.6 is 0 Å². The highest BCUT2D eigenvalue weighted by atomic mass is 14.5. The van der Waals surface area contributed by atoms with E-state index in [0.717, 1.165) is 5.69 Å². The van der Waals surface area contributed by atoms with Crippen LogP contribution in [0.15, 0.2) is 54.6 Å². The Labute approximate surface area is 110 Å². The lowest BCUT2D eigenvalue weighted by atomic mass is 9.87. The van der Waals surface area contributed by atoms with Crippen LogP contribution in [0.25, 0.3) is 0 Å². The molecule has 94 valence electrons. The second-order valence-electron chi connectivity index (χ2n) is 4.78. The topological polar surface area (TPSA) is 26.0 Å². The van der Waals surface area contributed by atoms with Crippen molar-refractivity contribution in [2.24, 2.45) is 0 Å². The minimum Gasteiger partial charge on any atom is -0.399 e. The van der Waals surface area contributed by atoms with E-state index in [0.29, 0.717) is 5.92 Å². The van der Waals surface area contributed by atoms with Crippen molar-refractivity contribution in [2.45, 2.75) is 32.1 Å².